The summed E-state index contributed by atoms with van der Waals surface area (Å²) in [6.07, 6.45) is 2.84. The topological polar surface area (TPSA) is 44.5 Å². The van der Waals surface area contributed by atoms with E-state index in [0.717, 1.165) is 30.9 Å². The summed E-state index contributed by atoms with van der Waals surface area (Å²) in [6.45, 7) is 2.05. The fraction of sp³-hybridized carbons (Fsp3) is 0.571. The summed E-state index contributed by atoms with van der Waals surface area (Å²) < 4.78 is 10.3. The molecule has 0 aliphatic heterocycles. The average molecular weight is 272 g/mol. The number of ether oxygens (including phenoxy) is 2. The highest BCUT2D eigenvalue weighted by atomic mass is 35.5. The molecule has 0 aliphatic rings. The molecule has 1 rings (SSSR count). The van der Waals surface area contributed by atoms with Crippen molar-refractivity contribution in [3.05, 3.63) is 34.9 Å². The van der Waals surface area contributed by atoms with Crippen molar-refractivity contribution in [2.45, 2.75) is 25.3 Å². The molecule has 0 aromatic heterocycles. The molecule has 4 heteroatoms. The Morgan fingerprint density at radius 3 is 2.56 bits per heavy atom. The summed E-state index contributed by atoms with van der Waals surface area (Å²) >= 11 is 5.83. The highest BCUT2D eigenvalue weighted by Gasteiger charge is 2.04. The van der Waals surface area contributed by atoms with E-state index in [1.54, 1.807) is 7.11 Å². The Morgan fingerprint density at radius 1 is 1.17 bits per heavy atom. The molecule has 0 amide bonds. The van der Waals surface area contributed by atoms with E-state index in [2.05, 4.69) is 0 Å². The summed E-state index contributed by atoms with van der Waals surface area (Å²) in [6, 6.07) is 8.03. The number of nitrogens with two attached hydrogens (primary N) is 1. The molecule has 3 nitrogen and oxygen atoms in total. The summed E-state index contributed by atoms with van der Waals surface area (Å²) in [4.78, 5) is 0. The van der Waals surface area contributed by atoms with Crippen molar-refractivity contribution in [2.24, 2.45) is 5.73 Å². The number of halogens is 1. The predicted molar refractivity (Wildman–Crippen MR) is 75.1 cm³/mol. The molecule has 0 aliphatic carbocycles. The van der Waals surface area contributed by atoms with Gasteiger partial charge in [-0.05, 0) is 37.0 Å². The average Bonchev–Trinajstić information content (AvgIpc) is 2.36. The number of methoxy groups -OCH3 is 1. The maximum absolute atomic E-state index is 6.07. The van der Waals surface area contributed by atoms with Crippen LogP contribution in [0.25, 0.3) is 0 Å². The standard InChI is InChI=1S/C14H22ClNO2/c1-17-9-10-18-8-2-3-14(16)11-12-4-6-13(15)7-5-12/h4-7,14H,2-3,8-11,16H2,1H3. The van der Waals surface area contributed by atoms with Crippen LogP contribution in [-0.2, 0) is 15.9 Å². The van der Waals surface area contributed by atoms with E-state index in [9.17, 15) is 0 Å². The zero-order valence-electron chi connectivity index (χ0n) is 10.9. The molecule has 1 atom stereocenters. The van der Waals surface area contributed by atoms with Crippen LogP contribution in [0, 0.1) is 0 Å². The van der Waals surface area contributed by atoms with Gasteiger partial charge in [0, 0.05) is 24.8 Å². The third-order valence-corrected chi connectivity index (χ3v) is 2.96. The number of rotatable bonds is 9. The maximum Gasteiger partial charge on any atom is 0.0700 e. The molecule has 0 radical (unpaired) electrons. The van der Waals surface area contributed by atoms with Gasteiger partial charge in [0.05, 0.1) is 13.2 Å². The van der Waals surface area contributed by atoms with E-state index in [1.807, 2.05) is 24.3 Å². The van der Waals surface area contributed by atoms with Crippen molar-refractivity contribution >= 4 is 11.6 Å². The van der Waals surface area contributed by atoms with E-state index in [0.29, 0.717) is 13.2 Å². The normalized spacial score (nSPS) is 12.6. The molecule has 1 aromatic carbocycles. The lowest BCUT2D eigenvalue weighted by molar-refractivity contribution is 0.0682. The minimum absolute atomic E-state index is 0.178. The Hall–Kier alpha value is -0.610. The van der Waals surface area contributed by atoms with Gasteiger partial charge in [0.2, 0.25) is 0 Å². The van der Waals surface area contributed by atoms with Crippen LogP contribution in [-0.4, -0.2) is 33.0 Å². The summed E-state index contributed by atoms with van der Waals surface area (Å²) in [5.41, 5.74) is 7.30. The van der Waals surface area contributed by atoms with Crippen molar-refractivity contribution in [1.82, 2.24) is 0 Å². The van der Waals surface area contributed by atoms with Gasteiger partial charge in [-0.3, -0.25) is 0 Å². The Balaban J connectivity index is 2.10. The first kappa shape index (κ1) is 15.4. The molecule has 102 valence electrons. The quantitative estimate of drug-likeness (QED) is 0.703. The molecule has 0 fully saturated rings. The Kier molecular flexibility index (Phi) is 8.01. The van der Waals surface area contributed by atoms with Gasteiger partial charge >= 0.3 is 0 Å². The molecular weight excluding hydrogens is 250 g/mol. The smallest absolute Gasteiger partial charge is 0.0700 e. The number of benzene rings is 1. The van der Waals surface area contributed by atoms with Crippen molar-refractivity contribution in [1.29, 1.82) is 0 Å². The van der Waals surface area contributed by atoms with Crippen LogP contribution < -0.4 is 5.73 Å². The Morgan fingerprint density at radius 2 is 1.89 bits per heavy atom. The molecule has 0 saturated carbocycles. The molecule has 2 N–H and O–H groups in total. The van der Waals surface area contributed by atoms with Crippen molar-refractivity contribution < 1.29 is 9.47 Å². The van der Waals surface area contributed by atoms with Crippen LogP contribution in [0.5, 0.6) is 0 Å². The van der Waals surface area contributed by atoms with Crippen LogP contribution in [0.15, 0.2) is 24.3 Å². The zero-order chi connectivity index (χ0) is 13.2. The minimum Gasteiger partial charge on any atom is -0.382 e. The van der Waals surface area contributed by atoms with Gasteiger partial charge in [0.25, 0.3) is 0 Å². The lowest BCUT2D eigenvalue weighted by atomic mass is 10.0. The van der Waals surface area contributed by atoms with E-state index in [-0.39, 0.29) is 6.04 Å². The summed E-state index contributed by atoms with van der Waals surface area (Å²) in [5.74, 6) is 0. The highest BCUT2D eigenvalue weighted by Crippen LogP contribution is 2.11. The summed E-state index contributed by atoms with van der Waals surface area (Å²) in [5, 5.41) is 0.763. The van der Waals surface area contributed by atoms with Crippen molar-refractivity contribution in [3.8, 4) is 0 Å². The first-order valence-electron chi connectivity index (χ1n) is 6.29. The van der Waals surface area contributed by atoms with Crippen molar-refractivity contribution in [3.63, 3.8) is 0 Å². The van der Waals surface area contributed by atoms with E-state index >= 15 is 0 Å². The highest BCUT2D eigenvalue weighted by molar-refractivity contribution is 6.30. The summed E-state index contributed by atoms with van der Waals surface area (Å²) in [7, 11) is 1.67. The minimum atomic E-state index is 0.178. The Labute approximate surface area is 114 Å². The first-order chi connectivity index (χ1) is 8.72. The Bertz CT molecular complexity index is 316. The van der Waals surface area contributed by atoms with Crippen LogP contribution in [0.3, 0.4) is 0 Å². The van der Waals surface area contributed by atoms with Crippen LogP contribution in [0.2, 0.25) is 5.02 Å². The van der Waals surface area contributed by atoms with E-state index in [4.69, 9.17) is 26.8 Å². The fourth-order valence-corrected chi connectivity index (χ4v) is 1.84. The third-order valence-electron chi connectivity index (χ3n) is 2.71. The lowest BCUT2D eigenvalue weighted by Gasteiger charge is -2.11. The number of hydrogen-bond donors (Lipinski definition) is 1. The largest absolute Gasteiger partial charge is 0.382 e. The predicted octanol–water partition coefficient (Wildman–Crippen LogP) is 2.65. The van der Waals surface area contributed by atoms with Gasteiger partial charge in [-0.15, -0.1) is 0 Å². The second kappa shape index (κ2) is 9.34. The molecule has 1 aromatic rings. The van der Waals surface area contributed by atoms with E-state index < -0.39 is 0 Å². The van der Waals surface area contributed by atoms with Gasteiger partial charge in [0.1, 0.15) is 0 Å². The van der Waals surface area contributed by atoms with Crippen LogP contribution in [0.1, 0.15) is 18.4 Å². The van der Waals surface area contributed by atoms with Crippen LogP contribution in [0.4, 0.5) is 0 Å². The monoisotopic (exact) mass is 271 g/mol. The molecule has 1 unspecified atom stereocenters. The molecule has 0 spiro atoms. The van der Waals surface area contributed by atoms with E-state index in [1.165, 1.54) is 5.56 Å². The van der Waals surface area contributed by atoms with Gasteiger partial charge in [-0.2, -0.15) is 0 Å². The molecule has 0 heterocycles. The second-order valence-corrected chi connectivity index (χ2v) is 4.77. The molecule has 0 saturated heterocycles. The van der Waals surface area contributed by atoms with Gasteiger partial charge in [0.15, 0.2) is 0 Å². The zero-order valence-corrected chi connectivity index (χ0v) is 11.7. The van der Waals surface area contributed by atoms with Gasteiger partial charge in [-0.25, -0.2) is 0 Å². The number of hydrogen-bond acceptors (Lipinski definition) is 3. The van der Waals surface area contributed by atoms with Gasteiger partial charge in [-0.1, -0.05) is 23.7 Å². The van der Waals surface area contributed by atoms with Gasteiger partial charge < -0.3 is 15.2 Å². The second-order valence-electron chi connectivity index (χ2n) is 4.34. The van der Waals surface area contributed by atoms with Crippen LogP contribution >= 0.6 is 11.6 Å². The SMILES string of the molecule is COCCOCCCC(N)Cc1ccc(Cl)cc1. The first-order valence-corrected chi connectivity index (χ1v) is 6.67. The lowest BCUT2D eigenvalue weighted by Crippen LogP contribution is -2.23. The molecule has 0 bridgehead atoms. The molecular formula is C14H22ClNO2. The maximum atomic E-state index is 6.07. The van der Waals surface area contributed by atoms with Crippen molar-refractivity contribution in [2.75, 3.05) is 26.9 Å². The fourth-order valence-electron chi connectivity index (χ4n) is 1.72. The molecule has 18 heavy (non-hydrogen) atoms. The third kappa shape index (κ3) is 6.97.